The van der Waals surface area contributed by atoms with Gasteiger partial charge < -0.3 is 40.8 Å². The van der Waals surface area contributed by atoms with Gasteiger partial charge in [0.1, 0.15) is 48.5 Å². The number of imidazole rings is 2. The Labute approximate surface area is 279 Å². The molecule has 8 rings (SSSR count). The maximum absolute atomic E-state index is 14.9. The Morgan fingerprint density at radius 1 is 0.840 bits per heavy atom. The van der Waals surface area contributed by atoms with Crippen molar-refractivity contribution in [3.05, 3.63) is 29.3 Å². The molecule has 5 unspecified atom stereocenters. The van der Waals surface area contributed by atoms with Crippen molar-refractivity contribution >= 4 is 49.7 Å². The number of hydrogen-bond acceptors (Lipinski definition) is 19. The van der Waals surface area contributed by atoms with E-state index in [4.69, 9.17) is 43.8 Å². The highest BCUT2D eigenvalue weighted by Gasteiger charge is 2.55. The molecule has 0 aromatic carbocycles. The van der Waals surface area contributed by atoms with Gasteiger partial charge in [0, 0.05) is 13.1 Å². The second kappa shape index (κ2) is 12.6. The van der Waals surface area contributed by atoms with Crippen LogP contribution in [0.3, 0.4) is 0 Å². The van der Waals surface area contributed by atoms with Gasteiger partial charge in [0.05, 0.1) is 39.1 Å². The summed E-state index contributed by atoms with van der Waals surface area (Å²) in [6, 6.07) is 0. The Kier molecular flexibility index (Phi) is 8.50. The van der Waals surface area contributed by atoms with Crippen LogP contribution in [0.25, 0.3) is 22.3 Å². The van der Waals surface area contributed by atoms with Crippen LogP contribution < -0.4 is 17.0 Å². The van der Waals surface area contributed by atoms with Crippen LogP contribution in [0.1, 0.15) is 12.5 Å². The first kappa shape index (κ1) is 33.7. The highest BCUT2D eigenvalue weighted by atomic mass is 31.2. The average molecular weight is 744 g/mol. The van der Waals surface area contributed by atoms with Crippen molar-refractivity contribution in [2.45, 2.75) is 49.1 Å². The number of nitrogens with zero attached hydrogens (tertiary/aromatic N) is 8. The number of nitrogens with one attached hydrogen (secondary N) is 1. The standard InChI is InChI=1S/C24H31N11O13P2/c25-18-12-19(28-7-27-18)34(8-29-12)22-15(37)16-11(46-22)6-43-49(39,33-1-3-42-4-2-33)47-17-14(36)10(5-44-50(40,41)48-16)45-23(17)35-9-30-13-20(35)31-24(26)32-21(13)38/h7-11,14-17,22-23,36-37H,1-6H2,(H,40,41)(H2,25,27,28)(H3,26,31,32,38)/t10-,11-,14?,15+,16?,17?,22-,23-,49?/m1/s1. The van der Waals surface area contributed by atoms with Crippen molar-refractivity contribution in [3.63, 3.8) is 0 Å². The summed E-state index contributed by atoms with van der Waals surface area (Å²) in [5, 5.41) is 22.9. The molecule has 0 saturated carbocycles. The first-order valence-corrected chi connectivity index (χ1v) is 18.2. The SMILES string of the molecule is Nc1nc2c(ncn2[C@@H]2O[C@@H]3COP(=O)(O)OC4[C@@H](COP(=O)(N5CCOCC5)OC2C3O)O[C@@H](n2cnc3c(N)ncnc32)[C@H]4O)c(=O)[nH]1. The van der Waals surface area contributed by atoms with Crippen LogP contribution in [0.4, 0.5) is 11.8 Å². The van der Waals surface area contributed by atoms with E-state index in [1.54, 1.807) is 0 Å². The second-order valence-corrected chi connectivity index (χ2v) is 15.1. The third-order valence-electron chi connectivity index (χ3n) is 8.66. The largest absolute Gasteiger partial charge is 0.472 e. The van der Waals surface area contributed by atoms with Gasteiger partial charge in [0.15, 0.2) is 35.1 Å². The van der Waals surface area contributed by atoms with Gasteiger partial charge >= 0.3 is 15.6 Å². The van der Waals surface area contributed by atoms with Gasteiger partial charge in [-0.3, -0.25) is 37.0 Å². The number of morpholine rings is 1. The molecule has 4 aliphatic rings. The van der Waals surface area contributed by atoms with E-state index in [1.165, 1.54) is 32.8 Å². The maximum Gasteiger partial charge on any atom is 0.472 e. The normalized spacial score (nSPS) is 37.3. The smallest absolute Gasteiger partial charge is 0.387 e. The lowest BCUT2D eigenvalue weighted by Gasteiger charge is -2.36. The summed E-state index contributed by atoms with van der Waals surface area (Å²) in [6.07, 6.45) is -8.26. The van der Waals surface area contributed by atoms with Gasteiger partial charge in [-0.2, -0.15) is 4.98 Å². The molecule has 0 amide bonds. The minimum atomic E-state index is -5.06. The van der Waals surface area contributed by atoms with Crippen LogP contribution in [-0.4, -0.2) is 135 Å². The van der Waals surface area contributed by atoms with Crippen molar-refractivity contribution in [2.24, 2.45) is 0 Å². The number of anilines is 2. The Balaban J connectivity index is 1.17. The lowest BCUT2D eigenvalue weighted by atomic mass is 10.1. The van der Waals surface area contributed by atoms with Crippen LogP contribution >= 0.6 is 15.6 Å². The lowest BCUT2D eigenvalue weighted by Crippen LogP contribution is -2.41. The summed E-state index contributed by atoms with van der Waals surface area (Å²) in [6.45, 7) is -0.879. The van der Waals surface area contributed by atoms with E-state index in [0.29, 0.717) is 0 Å². The third-order valence-corrected chi connectivity index (χ3v) is 11.7. The van der Waals surface area contributed by atoms with E-state index < -0.39 is 83.4 Å². The predicted octanol–water partition coefficient (Wildman–Crippen LogP) is -2.00. The highest BCUT2D eigenvalue weighted by molar-refractivity contribution is 7.51. The van der Waals surface area contributed by atoms with Crippen molar-refractivity contribution in [3.8, 4) is 0 Å². The first-order valence-electron chi connectivity index (χ1n) is 15.2. The number of aromatic nitrogens is 8. The molecule has 26 heteroatoms. The number of H-pyrrole nitrogens is 1. The molecular weight excluding hydrogens is 712 g/mol. The number of hydrogen-bond donors (Lipinski definition) is 6. The van der Waals surface area contributed by atoms with Gasteiger partial charge in [0.2, 0.25) is 5.95 Å². The second-order valence-electron chi connectivity index (χ2n) is 11.7. The van der Waals surface area contributed by atoms with E-state index in [2.05, 4.69) is 29.9 Å². The summed E-state index contributed by atoms with van der Waals surface area (Å²) in [5.74, 6) is -0.179. The zero-order valence-corrected chi connectivity index (χ0v) is 27.4. The van der Waals surface area contributed by atoms with E-state index in [9.17, 15) is 29.0 Å². The molecule has 4 saturated heterocycles. The number of aliphatic hydroxyl groups excluding tert-OH is 2. The zero-order valence-electron chi connectivity index (χ0n) is 25.6. The Morgan fingerprint density at radius 2 is 1.54 bits per heavy atom. The zero-order chi connectivity index (χ0) is 34.9. The molecule has 50 heavy (non-hydrogen) atoms. The number of phosphoric acid groups is 1. The fraction of sp³-hybridized carbons (Fsp3) is 0.583. The van der Waals surface area contributed by atoms with Crippen molar-refractivity contribution in [2.75, 3.05) is 51.0 Å². The van der Waals surface area contributed by atoms with Crippen molar-refractivity contribution in [1.29, 1.82) is 0 Å². The van der Waals surface area contributed by atoms with Crippen LogP contribution in [0.5, 0.6) is 0 Å². The molecule has 4 aromatic heterocycles. The van der Waals surface area contributed by atoms with Gasteiger partial charge in [0.25, 0.3) is 5.56 Å². The Bertz CT molecular complexity index is 2070. The number of ether oxygens (including phenoxy) is 3. The molecule has 4 fully saturated rings. The van der Waals surface area contributed by atoms with Crippen LogP contribution in [-0.2, 0) is 41.4 Å². The molecule has 8 heterocycles. The molecule has 270 valence electrons. The number of nitrogen functional groups attached to an aromatic ring is 2. The highest BCUT2D eigenvalue weighted by Crippen LogP contribution is 2.58. The third kappa shape index (κ3) is 5.81. The van der Waals surface area contributed by atoms with E-state index in [0.717, 1.165) is 0 Å². The Morgan fingerprint density at radius 3 is 2.32 bits per heavy atom. The Hall–Kier alpha value is -3.48. The predicted molar refractivity (Wildman–Crippen MR) is 164 cm³/mol. The van der Waals surface area contributed by atoms with Gasteiger partial charge in [-0.1, -0.05) is 0 Å². The van der Waals surface area contributed by atoms with Crippen molar-refractivity contribution < 1.29 is 56.5 Å². The van der Waals surface area contributed by atoms with E-state index in [-0.39, 0.29) is 60.4 Å². The number of rotatable bonds is 3. The average Bonchev–Trinajstić information content (AvgIpc) is 3.85. The number of nitrogens with two attached hydrogens (primary N) is 2. The molecule has 0 spiro atoms. The molecular formula is C24H31N11O13P2. The van der Waals surface area contributed by atoms with Crippen LogP contribution in [0, 0.1) is 0 Å². The number of aliphatic hydroxyl groups is 2. The molecule has 8 N–H and O–H groups in total. The minimum Gasteiger partial charge on any atom is -0.387 e. The molecule has 10 atom stereocenters. The number of fused-ring (bicyclic) bond motifs is 5. The lowest BCUT2D eigenvalue weighted by molar-refractivity contribution is -0.0676. The molecule has 24 nitrogen and oxygen atoms in total. The van der Waals surface area contributed by atoms with Crippen molar-refractivity contribution in [1.82, 2.24) is 43.7 Å². The van der Waals surface area contributed by atoms with E-state index in [1.807, 2.05) is 0 Å². The maximum atomic E-state index is 14.9. The van der Waals surface area contributed by atoms with Crippen LogP contribution in [0.2, 0.25) is 0 Å². The minimum absolute atomic E-state index is 0.0562. The van der Waals surface area contributed by atoms with Crippen LogP contribution in [0.15, 0.2) is 23.8 Å². The summed E-state index contributed by atoms with van der Waals surface area (Å²) >= 11 is 0. The monoisotopic (exact) mass is 743 g/mol. The first-order chi connectivity index (χ1) is 23.9. The van der Waals surface area contributed by atoms with Gasteiger partial charge in [-0.05, 0) is 0 Å². The van der Waals surface area contributed by atoms with E-state index >= 15 is 0 Å². The molecule has 2 bridgehead atoms. The molecule has 0 radical (unpaired) electrons. The summed E-state index contributed by atoms with van der Waals surface area (Å²) in [7, 11) is -9.52. The molecule has 4 aliphatic heterocycles. The molecule has 4 aromatic rings. The van der Waals surface area contributed by atoms with Gasteiger partial charge in [-0.25, -0.2) is 33.7 Å². The number of phosphoric ester groups is 1. The summed E-state index contributed by atoms with van der Waals surface area (Å²) in [4.78, 5) is 46.1. The summed E-state index contributed by atoms with van der Waals surface area (Å²) in [5.41, 5.74) is 11.2. The summed E-state index contributed by atoms with van der Waals surface area (Å²) < 4.78 is 72.6. The van der Waals surface area contributed by atoms with Gasteiger partial charge in [-0.15, -0.1) is 0 Å². The molecule has 0 aliphatic carbocycles. The quantitative estimate of drug-likeness (QED) is 0.124. The fourth-order valence-corrected chi connectivity index (χ4v) is 9.09. The number of aromatic amines is 1. The topological polar surface area (TPSA) is 322 Å². The fourth-order valence-electron chi connectivity index (χ4n) is 6.24.